The first-order valence-electron chi connectivity index (χ1n) is 5.55. The number of anilines is 1. The summed E-state index contributed by atoms with van der Waals surface area (Å²) >= 11 is 5.94. The van der Waals surface area contributed by atoms with Crippen molar-refractivity contribution in [2.45, 2.75) is 0 Å². The van der Waals surface area contributed by atoms with Gasteiger partial charge in [0, 0.05) is 10.7 Å². The van der Waals surface area contributed by atoms with Gasteiger partial charge in [0.2, 0.25) is 5.91 Å². The van der Waals surface area contributed by atoms with Gasteiger partial charge in [-0.1, -0.05) is 35.9 Å². The largest absolute Gasteiger partial charge is 0.325 e. The van der Waals surface area contributed by atoms with E-state index in [0.717, 1.165) is 16.8 Å². The van der Waals surface area contributed by atoms with Gasteiger partial charge < -0.3 is 11.1 Å². The summed E-state index contributed by atoms with van der Waals surface area (Å²) in [6.45, 7) is -0.0178. The minimum absolute atomic E-state index is 0.0178. The van der Waals surface area contributed by atoms with Crippen molar-refractivity contribution in [3.8, 4) is 11.1 Å². The summed E-state index contributed by atoms with van der Waals surface area (Å²) in [5.74, 6) is -0.203. The Morgan fingerprint density at radius 1 is 1.11 bits per heavy atom. The third-order valence-corrected chi connectivity index (χ3v) is 2.75. The van der Waals surface area contributed by atoms with Crippen LogP contribution in [0, 0.1) is 0 Å². The highest BCUT2D eigenvalue weighted by Crippen LogP contribution is 2.23. The molecule has 0 saturated carbocycles. The molecule has 0 bridgehead atoms. The topological polar surface area (TPSA) is 55.1 Å². The third-order valence-electron chi connectivity index (χ3n) is 2.51. The van der Waals surface area contributed by atoms with Crippen LogP contribution in [0.15, 0.2) is 48.5 Å². The molecule has 0 heterocycles. The molecule has 2 rings (SSSR count). The monoisotopic (exact) mass is 260 g/mol. The summed E-state index contributed by atoms with van der Waals surface area (Å²) in [7, 11) is 0. The molecule has 0 saturated heterocycles. The lowest BCUT2D eigenvalue weighted by Crippen LogP contribution is -2.21. The number of hydrogen-bond donors (Lipinski definition) is 2. The molecule has 0 aliphatic carbocycles. The highest BCUT2D eigenvalue weighted by atomic mass is 35.5. The zero-order chi connectivity index (χ0) is 13.0. The Morgan fingerprint density at radius 3 is 2.44 bits per heavy atom. The van der Waals surface area contributed by atoms with Crippen LogP contribution in [0.2, 0.25) is 5.02 Å². The number of halogens is 1. The third kappa shape index (κ3) is 3.09. The van der Waals surface area contributed by atoms with Crippen LogP contribution in [-0.4, -0.2) is 12.5 Å². The number of benzene rings is 2. The maximum absolute atomic E-state index is 11.1. The Hall–Kier alpha value is -1.84. The minimum atomic E-state index is -0.203. The van der Waals surface area contributed by atoms with Crippen LogP contribution in [-0.2, 0) is 4.79 Å². The lowest BCUT2D eigenvalue weighted by molar-refractivity contribution is -0.114. The maximum Gasteiger partial charge on any atom is 0.238 e. The standard InChI is InChI=1S/C14H13ClN2O/c15-12-3-1-2-11(8-12)10-4-6-13(7-5-10)17-14(18)9-16/h1-8H,9,16H2,(H,17,18). The first-order chi connectivity index (χ1) is 8.69. The Balaban J connectivity index is 2.19. The second-order valence-electron chi connectivity index (χ2n) is 3.84. The predicted octanol–water partition coefficient (Wildman–Crippen LogP) is 2.90. The lowest BCUT2D eigenvalue weighted by atomic mass is 10.1. The van der Waals surface area contributed by atoms with E-state index in [4.69, 9.17) is 17.3 Å². The van der Waals surface area contributed by atoms with Crippen molar-refractivity contribution < 1.29 is 4.79 Å². The van der Waals surface area contributed by atoms with Gasteiger partial charge in [-0.3, -0.25) is 4.79 Å². The lowest BCUT2D eigenvalue weighted by Gasteiger charge is -2.06. The van der Waals surface area contributed by atoms with Gasteiger partial charge in [0.25, 0.3) is 0 Å². The molecule has 0 aliphatic rings. The van der Waals surface area contributed by atoms with E-state index < -0.39 is 0 Å². The number of nitrogens with two attached hydrogens (primary N) is 1. The molecule has 0 unspecified atom stereocenters. The van der Waals surface area contributed by atoms with E-state index in [0.29, 0.717) is 5.02 Å². The van der Waals surface area contributed by atoms with Crippen LogP contribution in [0.25, 0.3) is 11.1 Å². The average molecular weight is 261 g/mol. The fourth-order valence-corrected chi connectivity index (χ4v) is 1.82. The Kier molecular flexibility index (Phi) is 3.97. The molecule has 4 heteroatoms. The molecule has 0 atom stereocenters. The fraction of sp³-hybridized carbons (Fsp3) is 0.0714. The molecular weight excluding hydrogens is 248 g/mol. The summed E-state index contributed by atoms with van der Waals surface area (Å²) in [4.78, 5) is 11.1. The Morgan fingerprint density at radius 2 is 1.83 bits per heavy atom. The van der Waals surface area contributed by atoms with Crippen LogP contribution >= 0.6 is 11.6 Å². The number of rotatable bonds is 3. The van der Waals surface area contributed by atoms with Crippen molar-refractivity contribution in [1.29, 1.82) is 0 Å². The molecule has 0 aliphatic heterocycles. The maximum atomic E-state index is 11.1. The normalized spacial score (nSPS) is 10.1. The van der Waals surface area contributed by atoms with Crippen LogP contribution < -0.4 is 11.1 Å². The molecule has 0 aromatic heterocycles. The number of carbonyl (C=O) groups excluding carboxylic acids is 1. The average Bonchev–Trinajstić information content (AvgIpc) is 2.39. The molecule has 1 amide bonds. The van der Waals surface area contributed by atoms with Crippen molar-refractivity contribution in [3.63, 3.8) is 0 Å². The number of nitrogens with one attached hydrogen (secondary N) is 1. The number of carbonyl (C=O) groups is 1. The number of amides is 1. The van der Waals surface area contributed by atoms with Crippen molar-refractivity contribution >= 4 is 23.2 Å². The van der Waals surface area contributed by atoms with E-state index in [1.165, 1.54) is 0 Å². The van der Waals surface area contributed by atoms with E-state index in [9.17, 15) is 4.79 Å². The molecule has 3 N–H and O–H groups in total. The fourth-order valence-electron chi connectivity index (χ4n) is 1.63. The van der Waals surface area contributed by atoms with Gasteiger partial charge in [-0.15, -0.1) is 0 Å². The molecular formula is C14H13ClN2O. The summed E-state index contributed by atoms with van der Waals surface area (Å²) < 4.78 is 0. The van der Waals surface area contributed by atoms with Crippen LogP contribution in [0.1, 0.15) is 0 Å². The van der Waals surface area contributed by atoms with Crippen molar-refractivity contribution in [3.05, 3.63) is 53.6 Å². The van der Waals surface area contributed by atoms with Crippen molar-refractivity contribution in [1.82, 2.24) is 0 Å². The zero-order valence-electron chi connectivity index (χ0n) is 9.69. The molecule has 92 valence electrons. The van der Waals surface area contributed by atoms with Crippen LogP contribution in [0.5, 0.6) is 0 Å². The molecule has 0 spiro atoms. The highest BCUT2D eigenvalue weighted by molar-refractivity contribution is 6.30. The molecule has 2 aromatic rings. The Labute approximate surface area is 111 Å². The van der Waals surface area contributed by atoms with Crippen molar-refractivity contribution in [2.75, 3.05) is 11.9 Å². The molecule has 18 heavy (non-hydrogen) atoms. The minimum Gasteiger partial charge on any atom is -0.325 e. The van der Waals surface area contributed by atoms with E-state index in [1.807, 2.05) is 48.5 Å². The molecule has 0 fully saturated rings. The SMILES string of the molecule is NCC(=O)Nc1ccc(-c2cccc(Cl)c2)cc1. The van der Waals surface area contributed by atoms with Crippen molar-refractivity contribution in [2.24, 2.45) is 5.73 Å². The second-order valence-corrected chi connectivity index (χ2v) is 4.28. The molecule has 2 aromatic carbocycles. The van der Waals surface area contributed by atoms with E-state index in [1.54, 1.807) is 0 Å². The summed E-state index contributed by atoms with van der Waals surface area (Å²) in [5.41, 5.74) is 8.05. The van der Waals surface area contributed by atoms with E-state index in [2.05, 4.69) is 5.32 Å². The first-order valence-corrected chi connectivity index (χ1v) is 5.93. The van der Waals surface area contributed by atoms with Gasteiger partial charge in [0.15, 0.2) is 0 Å². The van der Waals surface area contributed by atoms with Gasteiger partial charge in [0.1, 0.15) is 0 Å². The Bertz CT molecular complexity index is 552. The first kappa shape index (κ1) is 12.6. The highest BCUT2D eigenvalue weighted by Gasteiger charge is 2.01. The van der Waals surface area contributed by atoms with Gasteiger partial charge in [-0.2, -0.15) is 0 Å². The van der Waals surface area contributed by atoms with Gasteiger partial charge >= 0.3 is 0 Å². The van der Waals surface area contributed by atoms with E-state index >= 15 is 0 Å². The second kappa shape index (κ2) is 5.67. The number of hydrogen-bond acceptors (Lipinski definition) is 2. The molecule has 3 nitrogen and oxygen atoms in total. The van der Waals surface area contributed by atoms with Crippen LogP contribution in [0.4, 0.5) is 5.69 Å². The summed E-state index contributed by atoms with van der Waals surface area (Å²) in [5, 5.41) is 3.39. The smallest absolute Gasteiger partial charge is 0.238 e. The van der Waals surface area contributed by atoms with Crippen LogP contribution in [0.3, 0.4) is 0 Å². The quantitative estimate of drug-likeness (QED) is 0.892. The summed E-state index contributed by atoms with van der Waals surface area (Å²) in [6.07, 6.45) is 0. The summed E-state index contributed by atoms with van der Waals surface area (Å²) in [6, 6.07) is 15.2. The van der Waals surface area contributed by atoms with E-state index in [-0.39, 0.29) is 12.5 Å². The van der Waals surface area contributed by atoms with Gasteiger partial charge in [-0.25, -0.2) is 0 Å². The van der Waals surface area contributed by atoms with Gasteiger partial charge in [0.05, 0.1) is 6.54 Å². The van der Waals surface area contributed by atoms with Gasteiger partial charge in [-0.05, 0) is 35.4 Å². The zero-order valence-corrected chi connectivity index (χ0v) is 10.4. The predicted molar refractivity (Wildman–Crippen MR) is 74.6 cm³/mol. The molecule has 0 radical (unpaired) electrons.